The van der Waals surface area contributed by atoms with Gasteiger partial charge in [-0.05, 0) is 46.4 Å². The van der Waals surface area contributed by atoms with Crippen LogP contribution in [0.3, 0.4) is 0 Å². The van der Waals surface area contributed by atoms with Crippen LogP contribution in [0.2, 0.25) is 0 Å². The second-order valence-electron chi connectivity index (χ2n) is 8.97. The lowest BCUT2D eigenvalue weighted by atomic mass is 9.66. The number of H-pyrrole nitrogens is 1. The monoisotopic (exact) mass is 461 g/mol. The Balaban J connectivity index is 1.50. The molecule has 1 saturated carbocycles. The summed E-state index contributed by atoms with van der Waals surface area (Å²) >= 11 is 0. The van der Waals surface area contributed by atoms with Crippen LogP contribution in [0.5, 0.6) is 0 Å². The average Bonchev–Trinajstić information content (AvgIpc) is 3.41. The minimum absolute atomic E-state index is 0.132. The zero-order chi connectivity index (χ0) is 24.0. The number of carbonyl (C=O) groups is 2. The van der Waals surface area contributed by atoms with E-state index >= 15 is 0 Å². The quantitative estimate of drug-likeness (QED) is 0.383. The molecule has 4 rings (SSSR count). The number of carbonyl (C=O) groups excluding carboxylic acids is 1. The molecule has 178 valence electrons. The Morgan fingerprint density at radius 2 is 1.88 bits per heavy atom. The van der Waals surface area contributed by atoms with E-state index in [1.807, 2.05) is 55.5 Å². The normalized spacial score (nSPS) is 20.2. The summed E-state index contributed by atoms with van der Waals surface area (Å²) < 4.78 is 0. The van der Waals surface area contributed by atoms with E-state index in [1.165, 1.54) is 0 Å². The number of aromatic nitrogens is 4. The molecule has 1 aliphatic rings. The van der Waals surface area contributed by atoms with Crippen molar-refractivity contribution in [2.45, 2.75) is 64.5 Å². The second-order valence-corrected chi connectivity index (χ2v) is 8.97. The molecular weight excluding hydrogens is 430 g/mol. The molecule has 0 bridgehead atoms. The smallest absolute Gasteiger partial charge is 0.318 e. The van der Waals surface area contributed by atoms with Crippen LogP contribution in [-0.4, -0.2) is 43.5 Å². The molecule has 34 heavy (non-hydrogen) atoms. The van der Waals surface area contributed by atoms with Gasteiger partial charge in [0.2, 0.25) is 0 Å². The number of aromatic amines is 1. The van der Waals surface area contributed by atoms with Crippen molar-refractivity contribution >= 4 is 11.8 Å². The van der Waals surface area contributed by atoms with Crippen LogP contribution in [0.1, 0.15) is 57.4 Å². The van der Waals surface area contributed by atoms with Gasteiger partial charge in [-0.15, -0.1) is 5.10 Å². The maximum atomic E-state index is 13.0. The van der Waals surface area contributed by atoms with Crippen LogP contribution in [0, 0.1) is 5.41 Å². The summed E-state index contributed by atoms with van der Waals surface area (Å²) in [5.41, 5.74) is 2.67. The first-order chi connectivity index (χ1) is 16.6. The molecule has 3 aromatic rings. The van der Waals surface area contributed by atoms with Gasteiger partial charge in [-0.2, -0.15) is 0 Å². The van der Waals surface area contributed by atoms with Gasteiger partial charge < -0.3 is 10.4 Å². The molecule has 8 nitrogen and oxygen atoms in total. The highest BCUT2D eigenvalue weighted by Gasteiger charge is 2.52. The van der Waals surface area contributed by atoms with Gasteiger partial charge in [0.05, 0.1) is 0 Å². The third-order valence-electron chi connectivity index (χ3n) is 6.89. The number of rotatable bonds is 10. The third kappa shape index (κ3) is 4.77. The molecule has 1 aliphatic carbocycles. The lowest BCUT2D eigenvalue weighted by Crippen LogP contribution is -2.56. The van der Waals surface area contributed by atoms with E-state index < -0.39 is 11.4 Å². The SMILES string of the molecule is CCCCC(=O)[C@@]1(C(=O)O)CCCC[C@@H]1NCc1ccc(-c2ccccc2-c2nnn[nH]2)cc1. The van der Waals surface area contributed by atoms with Crippen molar-refractivity contribution in [2.24, 2.45) is 5.41 Å². The van der Waals surface area contributed by atoms with Crippen molar-refractivity contribution in [3.8, 4) is 22.5 Å². The number of hydrogen-bond donors (Lipinski definition) is 3. The fraction of sp³-hybridized carbons (Fsp3) is 0.423. The maximum Gasteiger partial charge on any atom is 0.318 e. The zero-order valence-electron chi connectivity index (χ0n) is 19.5. The topological polar surface area (TPSA) is 121 Å². The number of unbranched alkanes of at least 4 members (excludes halogenated alkanes) is 1. The highest BCUT2D eigenvalue weighted by atomic mass is 16.4. The highest BCUT2D eigenvalue weighted by Crippen LogP contribution is 2.39. The zero-order valence-corrected chi connectivity index (χ0v) is 19.5. The number of carboxylic acids is 1. The van der Waals surface area contributed by atoms with Crippen molar-refractivity contribution in [2.75, 3.05) is 0 Å². The minimum atomic E-state index is -1.32. The fourth-order valence-electron chi connectivity index (χ4n) is 4.98. The summed E-state index contributed by atoms with van der Waals surface area (Å²) in [4.78, 5) is 25.4. The molecule has 1 aromatic heterocycles. The number of Topliss-reactive ketones (excluding diaryl/α,β-unsaturated/α-hetero) is 1. The summed E-state index contributed by atoms with van der Waals surface area (Å²) in [7, 11) is 0. The van der Waals surface area contributed by atoms with E-state index in [0.29, 0.717) is 31.6 Å². The Kier molecular flexibility index (Phi) is 7.47. The predicted octanol–water partition coefficient (Wildman–Crippen LogP) is 4.40. The number of carboxylic acid groups (broad SMARTS) is 1. The number of ketones is 1. The lowest BCUT2D eigenvalue weighted by molar-refractivity contribution is -0.159. The number of benzene rings is 2. The number of nitrogens with zero attached hydrogens (tertiary/aromatic N) is 3. The first kappa shape index (κ1) is 23.8. The van der Waals surface area contributed by atoms with E-state index in [2.05, 4.69) is 25.9 Å². The van der Waals surface area contributed by atoms with E-state index in [0.717, 1.165) is 47.9 Å². The molecule has 0 radical (unpaired) electrons. The third-order valence-corrected chi connectivity index (χ3v) is 6.89. The molecule has 2 aromatic carbocycles. The summed E-state index contributed by atoms with van der Waals surface area (Å²) in [5, 5.41) is 27.7. The molecule has 0 unspecified atom stereocenters. The Bertz CT molecular complexity index is 1110. The van der Waals surface area contributed by atoms with Crippen molar-refractivity contribution in [3.63, 3.8) is 0 Å². The standard InChI is InChI=1S/C26H31N5O3/c1-2-3-11-23(32)26(25(33)34)16-7-6-10-22(26)27-17-18-12-14-19(15-13-18)20-8-4-5-9-21(20)24-28-30-31-29-24/h4-5,8-9,12-15,22,27H,2-3,6-7,10-11,16-17H2,1H3,(H,33,34)(H,28,29,30,31)/t22-,26+/m0/s1. The summed E-state index contributed by atoms with van der Waals surface area (Å²) in [5.74, 6) is -0.510. The molecule has 0 saturated heterocycles. The fourth-order valence-corrected chi connectivity index (χ4v) is 4.98. The minimum Gasteiger partial charge on any atom is -0.480 e. The second kappa shape index (κ2) is 10.7. The molecule has 3 N–H and O–H groups in total. The van der Waals surface area contributed by atoms with E-state index in [-0.39, 0.29) is 11.8 Å². The van der Waals surface area contributed by atoms with Crippen LogP contribution in [0.4, 0.5) is 0 Å². The Morgan fingerprint density at radius 3 is 2.56 bits per heavy atom. The van der Waals surface area contributed by atoms with Crippen LogP contribution < -0.4 is 5.32 Å². The molecular formula is C26H31N5O3. The molecule has 2 atom stereocenters. The van der Waals surface area contributed by atoms with Gasteiger partial charge in [-0.3, -0.25) is 9.59 Å². The number of tetrazole rings is 1. The van der Waals surface area contributed by atoms with E-state index in [1.54, 1.807) is 0 Å². The first-order valence-corrected chi connectivity index (χ1v) is 12.0. The van der Waals surface area contributed by atoms with Crippen LogP contribution in [0.15, 0.2) is 48.5 Å². The first-order valence-electron chi connectivity index (χ1n) is 12.0. The summed E-state index contributed by atoms with van der Waals surface area (Å²) in [6, 6.07) is 15.7. The van der Waals surface area contributed by atoms with Gasteiger partial charge in [0.25, 0.3) is 0 Å². The van der Waals surface area contributed by atoms with Crippen molar-refractivity contribution in [1.29, 1.82) is 0 Å². The van der Waals surface area contributed by atoms with Gasteiger partial charge in [0.1, 0.15) is 5.41 Å². The van der Waals surface area contributed by atoms with Gasteiger partial charge in [0.15, 0.2) is 11.6 Å². The van der Waals surface area contributed by atoms with Gasteiger partial charge in [-0.1, -0.05) is 74.7 Å². The number of hydrogen-bond acceptors (Lipinski definition) is 6. The van der Waals surface area contributed by atoms with Gasteiger partial charge >= 0.3 is 5.97 Å². The van der Waals surface area contributed by atoms with E-state index in [9.17, 15) is 14.7 Å². The van der Waals surface area contributed by atoms with Crippen molar-refractivity contribution in [1.82, 2.24) is 25.9 Å². The van der Waals surface area contributed by atoms with Crippen molar-refractivity contribution < 1.29 is 14.7 Å². The van der Waals surface area contributed by atoms with Gasteiger partial charge in [0, 0.05) is 24.6 Å². The Labute approximate surface area is 199 Å². The van der Waals surface area contributed by atoms with Crippen molar-refractivity contribution in [3.05, 3.63) is 54.1 Å². The van der Waals surface area contributed by atoms with E-state index in [4.69, 9.17) is 0 Å². The molecule has 0 amide bonds. The predicted molar refractivity (Wildman–Crippen MR) is 129 cm³/mol. The maximum absolute atomic E-state index is 13.0. The lowest BCUT2D eigenvalue weighted by Gasteiger charge is -2.40. The molecule has 0 aliphatic heterocycles. The van der Waals surface area contributed by atoms with Crippen LogP contribution >= 0.6 is 0 Å². The number of aliphatic carboxylic acids is 1. The average molecular weight is 462 g/mol. The molecule has 0 spiro atoms. The molecule has 1 heterocycles. The summed E-state index contributed by atoms with van der Waals surface area (Å²) in [6.45, 7) is 2.52. The molecule has 1 fully saturated rings. The van der Waals surface area contributed by atoms with Crippen LogP contribution in [-0.2, 0) is 16.1 Å². The Morgan fingerprint density at radius 1 is 1.12 bits per heavy atom. The highest BCUT2D eigenvalue weighted by molar-refractivity contribution is 6.04. The summed E-state index contributed by atoms with van der Waals surface area (Å²) in [6.07, 6.45) is 4.75. The van der Waals surface area contributed by atoms with Gasteiger partial charge in [-0.25, -0.2) is 5.10 Å². The van der Waals surface area contributed by atoms with Crippen LogP contribution in [0.25, 0.3) is 22.5 Å². The Hall–Kier alpha value is -3.39. The number of nitrogens with one attached hydrogen (secondary N) is 2. The largest absolute Gasteiger partial charge is 0.480 e. The molecule has 8 heteroatoms.